The lowest BCUT2D eigenvalue weighted by Crippen LogP contribution is -2.53. The highest BCUT2D eigenvalue weighted by Gasteiger charge is 2.34. The Bertz CT molecular complexity index is 1270. The van der Waals surface area contributed by atoms with Crippen molar-refractivity contribution in [1.29, 1.82) is 0 Å². The van der Waals surface area contributed by atoms with E-state index in [9.17, 15) is 24.0 Å². The summed E-state index contributed by atoms with van der Waals surface area (Å²) < 4.78 is 10.6. The molecular weight excluding hydrogens is 542 g/mol. The van der Waals surface area contributed by atoms with Crippen LogP contribution in [0.25, 0.3) is 10.9 Å². The molecule has 0 saturated carbocycles. The molecule has 4 N–H and O–H groups in total. The average molecular weight is 586 g/mol. The van der Waals surface area contributed by atoms with E-state index in [2.05, 4.69) is 20.9 Å². The summed E-state index contributed by atoms with van der Waals surface area (Å²) in [7, 11) is 5.34. The lowest BCUT2D eigenvalue weighted by atomic mass is 9.95. The van der Waals surface area contributed by atoms with Crippen LogP contribution in [0.1, 0.15) is 56.4 Å². The fraction of sp³-hybridized carbons (Fsp3) is 0.567. The Hall–Kier alpha value is -3.93. The van der Waals surface area contributed by atoms with E-state index in [1.54, 1.807) is 25.3 Å². The molecule has 0 aliphatic carbocycles. The van der Waals surface area contributed by atoms with Crippen LogP contribution in [-0.4, -0.2) is 92.3 Å². The third-order valence-corrected chi connectivity index (χ3v) is 7.17. The number of ketones is 1. The van der Waals surface area contributed by atoms with Crippen molar-refractivity contribution >= 4 is 40.4 Å². The smallest absolute Gasteiger partial charge is 0.306 e. The molecule has 0 radical (unpaired) electrons. The van der Waals surface area contributed by atoms with Crippen molar-refractivity contribution in [3.63, 3.8) is 0 Å². The number of nitrogens with zero attached hydrogens (tertiary/aromatic N) is 1. The quantitative estimate of drug-likeness (QED) is 0.217. The first-order valence-corrected chi connectivity index (χ1v) is 14.4. The van der Waals surface area contributed by atoms with Crippen molar-refractivity contribution in [2.24, 2.45) is 11.8 Å². The summed E-state index contributed by atoms with van der Waals surface area (Å²) in [5.74, 6) is -2.07. The van der Waals surface area contributed by atoms with Gasteiger partial charge in [-0.2, -0.15) is 0 Å². The highest BCUT2D eigenvalue weighted by molar-refractivity contribution is 6.02. The molecule has 230 valence electrons. The number of fused-ring (bicyclic) bond motifs is 1. The van der Waals surface area contributed by atoms with Gasteiger partial charge in [0.25, 0.3) is 5.91 Å². The fourth-order valence-electron chi connectivity index (χ4n) is 4.93. The van der Waals surface area contributed by atoms with Crippen LogP contribution in [0, 0.1) is 11.8 Å². The molecule has 12 nitrogen and oxygen atoms in total. The Labute approximate surface area is 246 Å². The predicted molar refractivity (Wildman–Crippen MR) is 157 cm³/mol. The van der Waals surface area contributed by atoms with Gasteiger partial charge in [0.2, 0.25) is 11.8 Å². The minimum absolute atomic E-state index is 0.0433. The van der Waals surface area contributed by atoms with Gasteiger partial charge in [-0.25, -0.2) is 0 Å². The minimum atomic E-state index is -1.06. The van der Waals surface area contributed by atoms with E-state index in [1.807, 2.05) is 38.9 Å². The lowest BCUT2D eigenvalue weighted by Gasteiger charge is -2.25. The fourth-order valence-corrected chi connectivity index (χ4v) is 4.93. The summed E-state index contributed by atoms with van der Waals surface area (Å²) in [4.78, 5) is 69.3. The minimum Gasteiger partial charge on any atom is -0.496 e. The maximum atomic E-state index is 13.5. The first kappa shape index (κ1) is 32.6. The first-order chi connectivity index (χ1) is 20.0. The SMILES string of the molecule is COc1cccc2[nH]c(C(=O)N[C@@H](CC(C)C)C(=O)N[C@@H](C[C@@H]3CCNC3=O)C(=O)COC(=O)CCCN(C)C)cc12. The lowest BCUT2D eigenvalue weighted by molar-refractivity contribution is -0.149. The normalized spacial score (nSPS) is 16.3. The van der Waals surface area contributed by atoms with E-state index in [-0.39, 0.29) is 30.4 Å². The van der Waals surface area contributed by atoms with E-state index in [1.165, 1.54) is 0 Å². The van der Waals surface area contributed by atoms with Crippen molar-refractivity contribution in [2.45, 2.75) is 58.0 Å². The summed E-state index contributed by atoms with van der Waals surface area (Å²) in [6.07, 6.45) is 1.65. The van der Waals surface area contributed by atoms with Gasteiger partial charge in [0.05, 0.1) is 13.2 Å². The maximum absolute atomic E-state index is 13.5. The molecule has 2 aromatic rings. The first-order valence-electron chi connectivity index (χ1n) is 14.4. The molecule has 0 unspecified atom stereocenters. The Balaban J connectivity index is 1.71. The van der Waals surface area contributed by atoms with Gasteiger partial charge < -0.3 is 35.3 Å². The molecule has 1 saturated heterocycles. The number of aromatic amines is 1. The molecule has 1 aromatic heterocycles. The summed E-state index contributed by atoms with van der Waals surface area (Å²) in [6, 6.07) is 5.05. The number of nitrogens with one attached hydrogen (secondary N) is 4. The number of hydrogen-bond donors (Lipinski definition) is 4. The third kappa shape index (κ3) is 9.30. The van der Waals surface area contributed by atoms with Crippen molar-refractivity contribution in [3.05, 3.63) is 30.0 Å². The average Bonchev–Trinajstić information content (AvgIpc) is 3.56. The molecule has 1 fully saturated rings. The zero-order valence-corrected chi connectivity index (χ0v) is 25.1. The molecule has 1 aliphatic rings. The number of methoxy groups -OCH3 is 1. The van der Waals surface area contributed by atoms with Crippen molar-refractivity contribution in [2.75, 3.05) is 40.9 Å². The molecule has 42 heavy (non-hydrogen) atoms. The summed E-state index contributed by atoms with van der Waals surface area (Å²) in [5.41, 5.74) is 0.966. The monoisotopic (exact) mass is 585 g/mol. The van der Waals surface area contributed by atoms with Gasteiger partial charge in [-0.1, -0.05) is 19.9 Å². The highest BCUT2D eigenvalue weighted by atomic mass is 16.5. The van der Waals surface area contributed by atoms with Crippen LogP contribution in [0.3, 0.4) is 0 Å². The van der Waals surface area contributed by atoms with Crippen LogP contribution >= 0.6 is 0 Å². The van der Waals surface area contributed by atoms with Crippen molar-refractivity contribution in [1.82, 2.24) is 25.8 Å². The highest BCUT2D eigenvalue weighted by Crippen LogP contribution is 2.26. The largest absolute Gasteiger partial charge is 0.496 e. The predicted octanol–water partition coefficient (Wildman–Crippen LogP) is 1.79. The number of rotatable bonds is 16. The maximum Gasteiger partial charge on any atom is 0.306 e. The van der Waals surface area contributed by atoms with E-state index in [0.717, 1.165) is 5.39 Å². The topological polar surface area (TPSA) is 159 Å². The zero-order chi connectivity index (χ0) is 30.8. The molecule has 0 bridgehead atoms. The molecule has 3 rings (SSSR count). The standard InChI is InChI=1S/C30H43N5O7/c1-18(2)14-23(34-30(40)24-16-20-21(32-24)8-6-9-26(20)41-5)29(39)33-22(15-19-11-12-31-28(19)38)25(36)17-42-27(37)10-7-13-35(3)4/h6,8-9,16,18-19,22-23,32H,7,10-15,17H2,1-5H3,(H,31,38)(H,33,39)(H,34,40)/t19-,22-,23-/m0/s1. The van der Waals surface area contributed by atoms with Gasteiger partial charge in [-0.3, -0.25) is 24.0 Å². The number of ether oxygens (including phenoxy) is 2. The van der Waals surface area contributed by atoms with E-state index < -0.39 is 48.2 Å². The number of benzene rings is 1. The number of aromatic nitrogens is 1. The second-order valence-electron chi connectivity index (χ2n) is 11.4. The van der Waals surface area contributed by atoms with E-state index in [0.29, 0.717) is 43.6 Å². The van der Waals surface area contributed by atoms with Crippen LogP contribution < -0.4 is 20.7 Å². The molecule has 3 atom stereocenters. The Kier molecular flexibility index (Phi) is 11.9. The number of carbonyl (C=O) groups excluding carboxylic acids is 5. The van der Waals surface area contributed by atoms with E-state index >= 15 is 0 Å². The molecule has 12 heteroatoms. The van der Waals surface area contributed by atoms with Crippen LogP contribution in [0.15, 0.2) is 24.3 Å². The summed E-state index contributed by atoms with van der Waals surface area (Å²) in [5, 5.41) is 9.00. The van der Waals surface area contributed by atoms with Crippen molar-refractivity contribution in [3.8, 4) is 5.75 Å². The number of H-pyrrole nitrogens is 1. The Morgan fingerprint density at radius 3 is 2.52 bits per heavy atom. The second kappa shape index (κ2) is 15.3. The van der Waals surface area contributed by atoms with Crippen LogP contribution in [-0.2, 0) is 23.9 Å². The molecule has 3 amide bonds. The number of carbonyl (C=O) groups is 5. The molecule has 1 aliphatic heterocycles. The molecule has 0 spiro atoms. The molecule has 1 aromatic carbocycles. The summed E-state index contributed by atoms with van der Waals surface area (Å²) >= 11 is 0. The van der Waals surface area contributed by atoms with Crippen LogP contribution in [0.5, 0.6) is 5.75 Å². The second-order valence-corrected chi connectivity index (χ2v) is 11.4. The number of hydrogen-bond acceptors (Lipinski definition) is 8. The number of amides is 3. The Morgan fingerprint density at radius 2 is 1.88 bits per heavy atom. The van der Waals surface area contributed by atoms with Gasteiger partial charge in [0, 0.05) is 29.8 Å². The van der Waals surface area contributed by atoms with Crippen molar-refractivity contribution < 1.29 is 33.4 Å². The van der Waals surface area contributed by atoms with Gasteiger partial charge >= 0.3 is 5.97 Å². The Morgan fingerprint density at radius 1 is 1.12 bits per heavy atom. The third-order valence-electron chi connectivity index (χ3n) is 7.17. The molecule has 2 heterocycles. The molecular formula is C30H43N5O7. The van der Waals surface area contributed by atoms with Gasteiger partial charge in [-0.15, -0.1) is 0 Å². The number of esters is 1. The van der Waals surface area contributed by atoms with Gasteiger partial charge in [0.15, 0.2) is 12.4 Å². The van der Waals surface area contributed by atoms with Crippen LogP contribution in [0.4, 0.5) is 0 Å². The summed E-state index contributed by atoms with van der Waals surface area (Å²) in [6.45, 7) is 4.51. The van der Waals surface area contributed by atoms with Crippen LogP contribution in [0.2, 0.25) is 0 Å². The zero-order valence-electron chi connectivity index (χ0n) is 25.1. The number of Topliss-reactive ketones (excluding diaryl/α,β-unsaturated/α-hetero) is 1. The van der Waals surface area contributed by atoms with Gasteiger partial charge in [-0.05, 0) is 70.4 Å². The van der Waals surface area contributed by atoms with Gasteiger partial charge in [0.1, 0.15) is 17.5 Å². The van der Waals surface area contributed by atoms with E-state index in [4.69, 9.17) is 9.47 Å².